The number of hydrazine groups is 1. The van der Waals surface area contributed by atoms with Gasteiger partial charge in [0.05, 0.1) is 12.3 Å². The van der Waals surface area contributed by atoms with Gasteiger partial charge >= 0.3 is 0 Å². The summed E-state index contributed by atoms with van der Waals surface area (Å²) in [5.41, 5.74) is 3.92. The second kappa shape index (κ2) is 7.19. The molecular formula is C15H19N3O2S. The van der Waals surface area contributed by atoms with Crippen LogP contribution in [-0.2, 0) is 6.42 Å². The quantitative estimate of drug-likeness (QED) is 0.489. The summed E-state index contributed by atoms with van der Waals surface area (Å²) in [5, 5.41) is 0.804. The lowest BCUT2D eigenvalue weighted by Crippen LogP contribution is -2.30. The van der Waals surface area contributed by atoms with Crippen molar-refractivity contribution in [1.29, 1.82) is 0 Å². The summed E-state index contributed by atoms with van der Waals surface area (Å²) < 4.78 is 5.50. The smallest absolute Gasteiger partial charge is 0.277 e. The molecule has 1 amide bonds. The van der Waals surface area contributed by atoms with Crippen molar-refractivity contribution in [3.63, 3.8) is 0 Å². The van der Waals surface area contributed by atoms with E-state index >= 15 is 0 Å². The predicted octanol–water partition coefficient (Wildman–Crippen LogP) is 2.76. The van der Waals surface area contributed by atoms with E-state index in [1.165, 1.54) is 11.3 Å². The van der Waals surface area contributed by atoms with Gasteiger partial charge in [-0.1, -0.05) is 25.5 Å². The van der Waals surface area contributed by atoms with Gasteiger partial charge in [-0.25, -0.2) is 10.8 Å². The number of benzene rings is 1. The average molecular weight is 305 g/mol. The van der Waals surface area contributed by atoms with E-state index in [1.807, 2.05) is 31.2 Å². The van der Waals surface area contributed by atoms with E-state index in [9.17, 15) is 4.79 Å². The maximum absolute atomic E-state index is 11.8. The SMILES string of the molecule is CCCc1nc(-c2cccc(OCC)c2)sc1C(=O)NN. The van der Waals surface area contributed by atoms with Crippen molar-refractivity contribution in [2.24, 2.45) is 5.84 Å². The fraction of sp³-hybridized carbons (Fsp3) is 0.333. The van der Waals surface area contributed by atoms with Crippen LogP contribution in [0.15, 0.2) is 24.3 Å². The lowest BCUT2D eigenvalue weighted by atomic mass is 10.2. The van der Waals surface area contributed by atoms with Crippen molar-refractivity contribution in [2.45, 2.75) is 26.7 Å². The van der Waals surface area contributed by atoms with Gasteiger partial charge in [0.2, 0.25) is 0 Å². The molecule has 0 saturated carbocycles. The molecule has 0 spiro atoms. The average Bonchev–Trinajstić information content (AvgIpc) is 2.92. The number of nitrogens with zero attached hydrogens (tertiary/aromatic N) is 1. The molecule has 0 saturated heterocycles. The third kappa shape index (κ3) is 3.59. The van der Waals surface area contributed by atoms with Gasteiger partial charge in [0, 0.05) is 5.56 Å². The maximum Gasteiger partial charge on any atom is 0.277 e. The van der Waals surface area contributed by atoms with E-state index in [0.717, 1.165) is 34.9 Å². The molecule has 2 aromatic rings. The zero-order valence-electron chi connectivity index (χ0n) is 12.2. The monoisotopic (exact) mass is 305 g/mol. The van der Waals surface area contributed by atoms with E-state index in [4.69, 9.17) is 10.6 Å². The molecular weight excluding hydrogens is 286 g/mol. The molecule has 112 valence electrons. The number of rotatable bonds is 6. The minimum atomic E-state index is -0.289. The van der Waals surface area contributed by atoms with E-state index in [-0.39, 0.29) is 5.91 Å². The fourth-order valence-electron chi connectivity index (χ4n) is 2.01. The van der Waals surface area contributed by atoms with Gasteiger partial charge in [0.25, 0.3) is 5.91 Å². The number of nitrogens with two attached hydrogens (primary N) is 1. The number of hydrogen-bond donors (Lipinski definition) is 2. The number of carbonyl (C=O) groups excluding carboxylic acids is 1. The molecule has 3 N–H and O–H groups in total. The highest BCUT2D eigenvalue weighted by molar-refractivity contribution is 7.17. The van der Waals surface area contributed by atoms with E-state index < -0.39 is 0 Å². The molecule has 1 aromatic carbocycles. The molecule has 1 heterocycles. The van der Waals surface area contributed by atoms with Crippen LogP contribution in [-0.4, -0.2) is 17.5 Å². The zero-order valence-corrected chi connectivity index (χ0v) is 13.0. The molecule has 0 bridgehead atoms. The van der Waals surface area contributed by atoms with Gasteiger partial charge in [-0.3, -0.25) is 10.2 Å². The van der Waals surface area contributed by atoms with Crippen LogP contribution in [0.5, 0.6) is 5.75 Å². The van der Waals surface area contributed by atoms with Crippen molar-refractivity contribution in [3.8, 4) is 16.3 Å². The van der Waals surface area contributed by atoms with Gasteiger partial charge in [-0.15, -0.1) is 11.3 Å². The van der Waals surface area contributed by atoms with Crippen LogP contribution in [0.2, 0.25) is 0 Å². The summed E-state index contributed by atoms with van der Waals surface area (Å²) in [5.74, 6) is 5.75. The molecule has 0 aliphatic carbocycles. The summed E-state index contributed by atoms with van der Waals surface area (Å²) in [4.78, 5) is 17.0. The number of amides is 1. The van der Waals surface area contributed by atoms with Gasteiger partial charge in [0.15, 0.2) is 0 Å². The van der Waals surface area contributed by atoms with Crippen molar-refractivity contribution in [1.82, 2.24) is 10.4 Å². The van der Waals surface area contributed by atoms with Crippen LogP contribution in [0.4, 0.5) is 0 Å². The van der Waals surface area contributed by atoms with E-state index in [2.05, 4.69) is 17.3 Å². The van der Waals surface area contributed by atoms with Crippen molar-refractivity contribution >= 4 is 17.2 Å². The highest BCUT2D eigenvalue weighted by atomic mass is 32.1. The van der Waals surface area contributed by atoms with Crippen LogP contribution < -0.4 is 16.0 Å². The number of hydrogen-bond acceptors (Lipinski definition) is 5. The number of thiazole rings is 1. The summed E-state index contributed by atoms with van der Waals surface area (Å²) in [6.45, 7) is 4.61. The molecule has 0 aliphatic rings. The standard InChI is InChI=1S/C15H19N3O2S/c1-3-6-12-13(14(19)18-16)21-15(17-12)10-7-5-8-11(9-10)20-4-2/h5,7-9H,3-4,6,16H2,1-2H3,(H,18,19). The Morgan fingerprint density at radius 1 is 1.43 bits per heavy atom. The van der Waals surface area contributed by atoms with Crippen LogP contribution in [0, 0.1) is 0 Å². The molecule has 2 rings (SSSR count). The van der Waals surface area contributed by atoms with Crippen LogP contribution in [0.25, 0.3) is 10.6 Å². The Balaban J connectivity index is 2.39. The molecule has 0 unspecified atom stereocenters. The predicted molar refractivity (Wildman–Crippen MR) is 84.4 cm³/mol. The third-order valence-electron chi connectivity index (χ3n) is 2.91. The van der Waals surface area contributed by atoms with E-state index in [1.54, 1.807) is 0 Å². The first-order valence-electron chi connectivity index (χ1n) is 6.93. The Bertz CT molecular complexity index is 625. The van der Waals surface area contributed by atoms with Crippen molar-refractivity contribution in [3.05, 3.63) is 34.8 Å². The minimum Gasteiger partial charge on any atom is -0.494 e. The molecule has 1 aromatic heterocycles. The number of nitrogen functional groups attached to an aromatic ring is 1. The Hall–Kier alpha value is -1.92. The largest absolute Gasteiger partial charge is 0.494 e. The highest BCUT2D eigenvalue weighted by Gasteiger charge is 2.17. The first kappa shape index (κ1) is 15.5. The first-order valence-corrected chi connectivity index (χ1v) is 7.75. The van der Waals surface area contributed by atoms with Crippen molar-refractivity contribution < 1.29 is 9.53 Å². The van der Waals surface area contributed by atoms with E-state index in [0.29, 0.717) is 11.5 Å². The molecule has 0 aliphatic heterocycles. The van der Waals surface area contributed by atoms with Gasteiger partial charge in [0.1, 0.15) is 15.6 Å². The topological polar surface area (TPSA) is 77.2 Å². The number of carbonyl (C=O) groups is 1. The lowest BCUT2D eigenvalue weighted by molar-refractivity contribution is 0.0956. The normalized spacial score (nSPS) is 10.4. The van der Waals surface area contributed by atoms with Crippen LogP contribution >= 0.6 is 11.3 Å². The van der Waals surface area contributed by atoms with Gasteiger partial charge in [-0.2, -0.15) is 0 Å². The summed E-state index contributed by atoms with van der Waals surface area (Å²) >= 11 is 1.35. The Morgan fingerprint density at radius 3 is 2.90 bits per heavy atom. The molecule has 6 heteroatoms. The number of aryl methyl sites for hydroxylation is 1. The summed E-state index contributed by atoms with van der Waals surface area (Å²) in [7, 11) is 0. The van der Waals surface area contributed by atoms with Crippen LogP contribution in [0.3, 0.4) is 0 Å². The Labute approximate surface area is 128 Å². The number of nitrogens with one attached hydrogen (secondary N) is 1. The van der Waals surface area contributed by atoms with Crippen molar-refractivity contribution in [2.75, 3.05) is 6.61 Å². The number of aromatic nitrogens is 1. The molecule has 0 fully saturated rings. The van der Waals surface area contributed by atoms with Gasteiger partial charge in [-0.05, 0) is 25.5 Å². The highest BCUT2D eigenvalue weighted by Crippen LogP contribution is 2.30. The summed E-state index contributed by atoms with van der Waals surface area (Å²) in [6.07, 6.45) is 1.68. The number of ether oxygens (including phenoxy) is 1. The fourth-order valence-corrected chi connectivity index (χ4v) is 3.02. The lowest BCUT2D eigenvalue weighted by Gasteiger charge is -2.03. The maximum atomic E-state index is 11.8. The molecule has 0 radical (unpaired) electrons. The second-order valence-electron chi connectivity index (χ2n) is 4.48. The Morgan fingerprint density at radius 2 is 2.24 bits per heavy atom. The van der Waals surface area contributed by atoms with Gasteiger partial charge < -0.3 is 4.74 Å². The molecule has 0 atom stereocenters. The Kier molecular flexibility index (Phi) is 5.30. The first-order chi connectivity index (χ1) is 10.2. The second-order valence-corrected chi connectivity index (χ2v) is 5.48. The zero-order chi connectivity index (χ0) is 15.2. The molecule has 5 nitrogen and oxygen atoms in total. The minimum absolute atomic E-state index is 0.289. The summed E-state index contributed by atoms with van der Waals surface area (Å²) in [6, 6.07) is 7.72. The molecule has 21 heavy (non-hydrogen) atoms. The third-order valence-corrected chi connectivity index (χ3v) is 4.06. The van der Waals surface area contributed by atoms with Crippen LogP contribution in [0.1, 0.15) is 35.6 Å².